The van der Waals surface area contributed by atoms with Crippen LogP contribution in [0.3, 0.4) is 0 Å². The van der Waals surface area contributed by atoms with Gasteiger partial charge in [0.25, 0.3) is 5.69 Å². The molecule has 0 aliphatic carbocycles. The first-order valence-corrected chi connectivity index (χ1v) is 10.4. The third kappa shape index (κ3) is 3.97. The number of nitro groups is 1. The lowest BCUT2D eigenvalue weighted by molar-refractivity contribution is -0.387. The highest BCUT2D eigenvalue weighted by atomic mass is 32.2. The average molecular weight is 417 g/mol. The van der Waals surface area contributed by atoms with Crippen LogP contribution in [0.1, 0.15) is 29.4 Å². The summed E-state index contributed by atoms with van der Waals surface area (Å²) in [7, 11) is 0. The molecule has 6 nitrogen and oxygen atoms in total. The maximum absolute atomic E-state index is 12.2. The molecule has 0 saturated heterocycles. The quantitative estimate of drug-likeness (QED) is 0.218. The molecule has 2 aromatic carbocycles. The van der Waals surface area contributed by atoms with Crippen molar-refractivity contribution in [2.45, 2.75) is 29.7 Å². The fourth-order valence-corrected chi connectivity index (χ4v) is 4.42. The van der Waals surface area contributed by atoms with Gasteiger partial charge in [0, 0.05) is 40.7 Å². The monoisotopic (exact) mass is 417 g/mol. The van der Waals surface area contributed by atoms with E-state index in [4.69, 9.17) is 0 Å². The van der Waals surface area contributed by atoms with Crippen LogP contribution in [0.15, 0.2) is 82.8 Å². The summed E-state index contributed by atoms with van der Waals surface area (Å²) >= 11 is 1.36. The molecular weight excluding hydrogens is 398 g/mol. The Balaban J connectivity index is 1.82. The van der Waals surface area contributed by atoms with Crippen molar-refractivity contribution in [1.82, 2.24) is 9.55 Å². The molecule has 30 heavy (non-hydrogen) atoms. The Labute approximate surface area is 177 Å². The minimum Gasteiger partial charge on any atom is -0.340 e. The number of hydrogen-bond acceptors (Lipinski definition) is 5. The SMILES string of the molecule is CCC(=O)c1ccc2c(Sc3ccccc3[N+](=O)[O-])cn(Cc3ccccn3)c2c1. The Morgan fingerprint density at radius 2 is 1.90 bits per heavy atom. The van der Waals surface area contributed by atoms with Crippen LogP contribution in [-0.2, 0) is 6.54 Å². The summed E-state index contributed by atoms with van der Waals surface area (Å²) in [5.41, 5.74) is 2.53. The van der Waals surface area contributed by atoms with Crippen molar-refractivity contribution in [3.63, 3.8) is 0 Å². The van der Waals surface area contributed by atoms with E-state index in [1.807, 2.05) is 54.1 Å². The van der Waals surface area contributed by atoms with Gasteiger partial charge in [0.2, 0.25) is 0 Å². The van der Waals surface area contributed by atoms with E-state index < -0.39 is 0 Å². The molecule has 150 valence electrons. The predicted molar refractivity (Wildman–Crippen MR) is 117 cm³/mol. The van der Waals surface area contributed by atoms with Gasteiger partial charge in [0.05, 0.1) is 27.6 Å². The van der Waals surface area contributed by atoms with E-state index in [1.165, 1.54) is 17.8 Å². The van der Waals surface area contributed by atoms with Crippen molar-refractivity contribution >= 4 is 34.1 Å². The summed E-state index contributed by atoms with van der Waals surface area (Å²) < 4.78 is 2.04. The first-order valence-electron chi connectivity index (χ1n) is 9.54. The number of carbonyl (C=O) groups excluding carboxylic acids is 1. The number of rotatable bonds is 7. The molecule has 0 N–H and O–H groups in total. The molecular formula is C23H19N3O3S. The smallest absolute Gasteiger partial charge is 0.283 e. The van der Waals surface area contributed by atoms with Crippen LogP contribution in [0.25, 0.3) is 10.9 Å². The minimum absolute atomic E-state index is 0.0749. The lowest BCUT2D eigenvalue weighted by Gasteiger charge is -2.06. The number of aromatic nitrogens is 2. The number of nitro benzene ring substituents is 1. The molecule has 4 aromatic rings. The van der Waals surface area contributed by atoms with E-state index in [2.05, 4.69) is 4.98 Å². The van der Waals surface area contributed by atoms with Gasteiger partial charge in [-0.1, -0.05) is 49.0 Å². The van der Waals surface area contributed by atoms with E-state index >= 15 is 0 Å². The van der Waals surface area contributed by atoms with Crippen LogP contribution in [0, 0.1) is 10.1 Å². The zero-order chi connectivity index (χ0) is 21.1. The van der Waals surface area contributed by atoms with Gasteiger partial charge in [-0.2, -0.15) is 0 Å². The van der Waals surface area contributed by atoms with Crippen LogP contribution in [0.4, 0.5) is 5.69 Å². The summed E-state index contributed by atoms with van der Waals surface area (Å²) in [4.78, 5) is 29.2. The van der Waals surface area contributed by atoms with Gasteiger partial charge in [0.15, 0.2) is 5.78 Å². The summed E-state index contributed by atoms with van der Waals surface area (Å²) in [5, 5.41) is 12.4. The number of fused-ring (bicyclic) bond motifs is 1. The molecule has 2 aromatic heterocycles. The lowest BCUT2D eigenvalue weighted by atomic mass is 10.1. The van der Waals surface area contributed by atoms with E-state index in [1.54, 1.807) is 24.4 Å². The van der Waals surface area contributed by atoms with Gasteiger partial charge < -0.3 is 4.57 Å². The van der Waals surface area contributed by atoms with E-state index in [-0.39, 0.29) is 16.4 Å². The van der Waals surface area contributed by atoms with Crippen molar-refractivity contribution < 1.29 is 9.72 Å². The van der Waals surface area contributed by atoms with Gasteiger partial charge in [0.1, 0.15) is 0 Å². The molecule has 0 aliphatic rings. The second-order valence-corrected chi connectivity index (χ2v) is 7.86. The molecule has 0 unspecified atom stereocenters. The summed E-state index contributed by atoms with van der Waals surface area (Å²) in [6.07, 6.45) is 4.15. The number of Topliss-reactive ketones (excluding diaryl/α,β-unsaturated/α-hetero) is 1. The summed E-state index contributed by atoms with van der Waals surface area (Å²) in [5.74, 6) is 0.0791. The Kier molecular flexibility index (Phi) is 5.63. The molecule has 4 rings (SSSR count). The minimum atomic E-state index is -0.368. The third-order valence-corrected chi connectivity index (χ3v) is 5.94. The van der Waals surface area contributed by atoms with E-state index in [0.29, 0.717) is 23.4 Å². The highest BCUT2D eigenvalue weighted by Gasteiger charge is 2.18. The average Bonchev–Trinajstić information content (AvgIpc) is 3.10. The number of pyridine rings is 1. The Morgan fingerprint density at radius 1 is 1.10 bits per heavy atom. The molecule has 0 spiro atoms. The van der Waals surface area contributed by atoms with E-state index in [0.717, 1.165) is 21.5 Å². The lowest BCUT2D eigenvalue weighted by Crippen LogP contribution is -2.01. The second kappa shape index (κ2) is 8.51. The number of para-hydroxylation sites is 1. The fourth-order valence-electron chi connectivity index (χ4n) is 3.33. The number of carbonyl (C=O) groups is 1. The molecule has 0 amide bonds. The molecule has 0 radical (unpaired) electrons. The topological polar surface area (TPSA) is 78.0 Å². The molecule has 0 saturated carbocycles. The van der Waals surface area contributed by atoms with Crippen LogP contribution < -0.4 is 0 Å². The Morgan fingerprint density at radius 3 is 2.63 bits per heavy atom. The summed E-state index contributed by atoms with van der Waals surface area (Å²) in [6.45, 7) is 2.38. The molecule has 0 fully saturated rings. The maximum atomic E-state index is 12.2. The Bertz CT molecular complexity index is 1240. The van der Waals surface area contributed by atoms with Crippen LogP contribution in [0.2, 0.25) is 0 Å². The molecule has 7 heteroatoms. The van der Waals surface area contributed by atoms with Crippen molar-refractivity contribution in [3.8, 4) is 0 Å². The second-order valence-electron chi connectivity index (χ2n) is 6.78. The predicted octanol–water partition coefficient (Wildman–Crippen LogP) is 5.74. The normalized spacial score (nSPS) is 11.0. The zero-order valence-electron chi connectivity index (χ0n) is 16.3. The molecule has 2 heterocycles. The number of benzene rings is 2. The Hall–Kier alpha value is -3.45. The van der Waals surface area contributed by atoms with Crippen molar-refractivity contribution in [2.75, 3.05) is 0 Å². The van der Waals surface area contributed by atoms with Crippen LogP contribution in [0.5, 0.6) is 0 Å². The molecule has 0 bridgehead atoms. The van der Waals surface area contributed by atoms with Gasteiger partial charge in [-0.15, -0.1) is 0 Å². The highest BCUT2D eigenvalue weighted by molar-refractivity contribution is 7.99. The van der Waals surface area contributed by atoms with Crippen molar-refractivity contribution in [3.05, 3.63) is 94.4 Å². The summed E-state index contributed by atoms with van der Waals surface area (Å²) in [6, 6.07) is 18.1. The van der Waals surface area contributed by atoms with Gasteiger partial charge in [-0.05, 0) is 24.3 Å². The largest absolute Gasteiger partial charge is 0.340 e. The van der Waals surface area contributed by atoms with Gasteiger partial charge >= 0.3 is 0 Å². The van der Waals surface area contributed by atoms with Crippen molar-refractivity contribution in [1.29, 1.82) is 0 Å². The number of nitrogens with zero attached hydrogens (tertiary/aromatic N) is 3. The maximum Gasteiger partial charge on any atom is 0.283 e. The third-order valence-electron chi connectivity index (χ3n) is 4.83. The number of ketones is 1. The standard InChI is InChI=1S/C23H19N3O3S/c1-2-21(27)16-10-11-18-20(13-16)25(14-17-7-5-6-12-24-17)15-23(18)30-22-9-4-3-8-19(22)26(28)29/h3-13,15H,2,14H2,1H3. The number of hydrogen-bond donors (Lipinski definition) is 0. The first kappa shape index (κ1) is 19.8. The van der Waals surface area contributed by atoms with Crippen molar-refractivity contribution in [2.24, 2.45) is 0 Å². The van der Waals surface area contributed by atoms with Gasteiger partial charge in [-0.25, -0.2) is 0 Å². The van der Waals surface area contributed by atoms with E-state index in [9.17, 15) is 14.9 Å². The molecule has 0 atom stereocenters. The molecule has 0 aliphatic heterocycles. The first-order chi connectivity index (χ1) is 14.6. The van der Waals surface area contributed by atoms with Crippen LogP contribution in [-0.4, -0.2) is 20.3 Å². The van der Waals surface area contributed by atoms with Gasteiger partial charge in [-0.3, -0.25) is 19.9 Å². The van der Waals surface area contributed by atoms with Crippen LogP contribution >= 0.6 is 11.8 Å². The highest BCUT2D eigenvalue weighted by Crippen LogP contribution is 2.39. The fraction of sp³-hybridized carbons (Fsp3) is 0.130. The zero-order valence-corrected chi connectivity index (χ0v) is 17.1.